The highest BCUT2D eigenvalue weighted by Crippen LogP contribution is 2.30. The quantitative estimate of drug-likeness (QED) is 0.415. The molecule has 2 unspecified atom stereocenters. The van der Waals surface area contributed by atoms with E-state index < -0.39 is 0 Å². The Kier molecular flexibility index (Phi) is 3.59. The molecule has 1 fully saturated rings. The van der Waals surface area contributed by atoms with Gasteiger partial charge in [-0.25, -0.2) is 0 Å². The second-order valence-corrected chi connectivity index (χ2v) is 4.20. The smallest absolute Gasteiger partial charge is 0.315 e. The van der Waals surface area contributed by atoms with E-state index in [-0.39, 0.29) is 17.1 Å². The van der Waals surface area contributed by atoms with Crippen molar-refractivity contribution >= 4 is 23.4 Å². The van der Waals surface area contributed by atoms with E-state index in [0.717, 1.165) is 0 Å². The van der Waals surface area contributed by atoms with Gasteiger partial charge in [0.2, 0.25) is 0 Å². The summed E-state index contributed by atoms with van der Waals surface area (Å²) in [4.78, 5) is 11.4. The molecule has 0 saturated carbocycles. The molecule has 0 aromatic rings. The molecule has 0 amide bonds. The number of carbonyl (C=O) groups is 1. The fourth-order valence-electron chi connectivity index (χ4n) is 1.32. The molecule has 0 spiro atoms. The zero-order valence-corrected chi connectivity index (χ0v) is 8.50. The Balaban J connectivity index is 2.69. The second kappa shape index (κ2) is 4.50. The van der Waals surface area contributed by atoms with Gasteiger partial charge in [-0.05, 0) is 6.92 Å². The van der Waals surface area contributed by atoms with E-state index in [1.54, 1.807) is 18.7 Å². The summed E-state index contributed by atoms with van der Waals surface area (Å²) < 4.78 is 4.88. The molecular weight excluding hydrogens is 190 g/mol. The van der Waals surface area contributed by atoms with Crippen LogP contribution in [-0.4, -0.2) is 34.5 Å². The first kappa shape index (κ1) is 10.4. The topological polar surface area (TPSA) is 58.9 Å². The predicted octanol–water partition coefficient (Wildman–Crippen LogP) is 1.13. The number of nitrogens with zero attached hydrogens (tertiary/aromatic N) is 1. The van der Waals surface area contributed by atoms with Gasteiger partial charge in [0.25, 0.3) is 0 Å². The Bertz CT molecular complexity index is 229. The van der Waals surface area contributed by atoms with E-state index in [1.165, 1.54) is 0 Å². The molecule has 0 aliphatic carbocycles. The number of oxime groups is 1. The summed E-state index contributed by atoms with van der Waals surface area (Å²) in [6.45, 7) is 4.07. The van der Waals surface area contributed by atoms with Gasteiger partial charge >= 0.3 is 5.97 Å². The SMILES string of the molecule is CCOC(=O)C1/C(=N/O)CSC1C. The van der Waals surface area contributed by atoms with E-state index in [2.05, 4.69) is 5.16 Å². The van der Waals surface area contributed by atoms with Gasteiger partial charge in [-0.15, -0.1) is 0 Å². The molecule has 1 saturated heterocycles. The molecule has 13 heavy (non-hydrogen) atoms. The molecule has 74 valence electrons. The maximum absolute atomic E-state index is 11.4. The zero-order valence-electron chi connectivity index (χ0n) is 7.69. The number of esters is 1. The van der Waals surface area contributed by atoms with Crippen LogP contribution < -0.4 is 0 Å². The normalized spacial score (nSPS) is 30.8. The van der Waals surface area contributed by atoms with Crippen LogP contribution in [0.3, 0.4) is 0 Å². The molecular formula is C8H13NO3S. The Morgan fingerprint density at radius 3 is 3.08 bits per heavy atom. The van der Waals surface area contributed by atoms with Gasteiger partial charge in [0.1, 0.15) is 5.92 Å². The van der Waals surface area contributed by atoms with Crippen molar-refractivity contribution in [3.8, 4) is 0 Å². The van der Waals surface area contributed by atoms with Crippen molar-refractivity contribution in [2.45, 2.75) is 19.1 Å². The van der Waals surface area contributed by atoms with Gasteiger partial charge in [-0.3, -0.25) is 4.79 Å². The van der Waals surface area contributed by atoms with Crippen molar-refractivity contribution in [2.24, 2.45) is 11.1 Å². The first-order chi connectivity index (χ1) is 6.20. The highest BCUT2D eigenvalue weighted by Gasteiger charge is 2.37. The minimum absolute atomic E-state index is 0.143. The third-order valence-electron chi connectivity index (χ3n) is 1.99. The number of rotatable bonds is 2. The lowest BCUT2D eigenvalue weighted by Crippen LogP contribution is -2.28. The summed E-state index contributed by atoms with van der Waals surface area (Å²) in [7, 11) is 0. The second-order valence-electron chi connectivity index (χ2n) is 2.84. The summed E-state index contributed by atoms with van der Waals surface area (Å²) in [5, 5.41) is 11.9. The average Bonchev–Trinajstić information content (AvgIpc) is 2.47. The van der Waals surface area contributed by atoms with Crippen LogP contribution in [0, 0.1) is 5.92 Å². The van der Waals surface area contributed by atoms with Crippen LogP contribution in [-0.2, 0) is 9.53 Å². The van der Waals surface area contributed by atoms with Gasteiger partial charge < -0.3 is 9.94 Å². The molecule has 4 nitrogen and oxygen atoms in total. The molecule has 0 radical (unpaired) electrons. The van der Waals surface area contributed by atoms with Crippen LogP contribution in [0.4, 0.5) is 0 Å². The fourth-order valence-corrected chi connectivity index (χ4v) is 2.46. The monoisotopic (exact) mass is 203 g/mol. The lowest BCUT2D eigenvalue weighted by Gasteiger charge is -2.12. The molecule has 2 atom stereocenters. The molecule has 1 heterocycles. The standard InChI is InChI=1S/C8H13NO3S/c1-3-12-8(10)7-5(2)13-4-6(7)9-11/h5,7,11H,3-4H2,1-2H3/b9-6+. The van der Waals surface area contributed by atoms with E-state index in [4.69, 9.17) is 9.94 Å². The van der Waals surface area contributed by atoms with Crippen molar-refractivity contribution in [2.75, 3.05) is 12.4 Å². The lowest BCUT2D eigenvalue weighted by molar-refractivity contribution is -0.145. The molecule has 1 aliphatic rings. The summed E-state index contributed by atoms with van der Waals surface area (Å²) in [6.07, 6.45) is 0. The molecule has 5 heteroatoms. The number of hydrogen-bond donors (Lipinski definition) is 1. The van der Waals surface area contributed by atoms with Crippen LogP contribution in [0.15, 0.2) is 5.16 Å². The number of carbonyl (C=O) groups excluding carboxylic acids is 1. The Hall–Kier alpha value is -0.710. The minimum Gasteiger partial charge on any atom is -0.465 e. The Labute approximate surface area is 81.3 Å². The predicted molar refractivity (Wildman–Crippen MR) is 51.3 cm³/mol. The van der Waals surface area contributed by atoms with Crippen LogP contribution in [0.5, 0.6) is 0 Å². The van der Waals surface area contributed by atoms with Crippen LogP contribution >= 0.6 is 11.8 Å². The molecule has 0 aromatic heterocycles. The molecule has 1 N–H and O–H groups in total. The third-order valence-corrected chi connectivity index (χ3v) is 3.25. The molecule has 0 bridgehead atoms. The first-order valence-corrected chi connectivity index (χ1v) is 5.24. The largest absolute Gasteiger partial charge is 0.465 e. The van der Waals surface area contributed by atoms with E-state index in [9.17, 15) is 4.79 Å². The average molecular weight is 203 g/mol. The van der Waals surface area contributed by atoms with Crippen LogP contribution in [0.25, 0.3) is 0 Å². The summed E-state index contributed by atoms with van der Waals surface area (Å²) in [5.41, 5.74) is 0.524. The Morgan fingerprint density at radius 1 is 1.85 bits per heavy atom. The van der Waals surface area contributed by atoms with Crippen molar-refractivity contribution in [1.82, 2.24) is 0 Å². The molecule has 1 rings (SSSR count). The molecule has 0 aromatic carbocycles. The summed E-state index contributed by atoms with van der Waals surface area (Å²) in [6, 6.07) is 0. The minimum atomic E-state index is -0.366. The van der Waals surface area contributed by atoms with Gasteiger partial charge in [0.05, 0.1) is 12.3 Å². The summed E-state index contributed by atoms with van der Waals surface area (Å²) >= 11 is 1.60. The number of ether oxygens (including phenoxy) is 1. The highest BCUT2D eigenvalue weighted by atomic mass is 32.2. The van der Waals surface area contributed by atoms with Gasteiger partial charge in [-0.1, -0.05) is 12.1 Å². The third kappa shape index (κ3) is 2.15. The van der Waals surface area contributed by atoms with Crippen molar-refractivity contribution in [3.05, 3.63) is 0 Å². The maximum Gasteiger partial charge on any atom is 0.315 e. The van der Waals surface area contributed by atoms with Crippen molar-refractivity contribution in [1.29, 1.82) is 0 Å². The maximum atomic E-state index is 11.4. The van der Waals surface area contributed by atoms with Crippen molar-refractivity contribution < 1.29 is 14.7 Å². The Morgan fingerprint density at radius 2 is 2.54 bits per heavy atom. The van der Waals surface area contributed by atoms with E-state index in [0.29, 0.717) is 18.1 Å². The van der Waals surface area contributed by atoms with Crippen LogP contribution in [0.1, 0.15) is 13.8 Å². The van der Waals surface area contributed by atoms with Gasteiger partial charge in [-0.2, -0.15) is 11.8 Å². The first-order valence-electron chi connectivity index (χ1n) is 4.19. The van der Waals surface area contributed by atoms with Gasteiger partial charge in [0, 0.05) is 11.0 Å². The van der Waals surface area contributed by atoms with E-state index in [1.807, 2.05) is 6.92 Å². The lowest BCUT2D eigenvalue weighted by atomic mass is 10.0. The van der Waals surface area contributed by atoms with Crippen LogP contribution in [0.2, 0.25) is 0 Å². The highest BCUT2D eigenvalue weighted by molar-refractivity contribution is 8.01. The van der Waals surface area contributed by atoms with Crippen molar-refractivity contribution in [3.63, 3.8) is 0 Å². The fraction of sp³-hybridized carbons (Fsp3) is 0.750. The zero-order chi connectivity index (χ0) is 9.84. The van der Waals surface area contributed by atoms with E-state index >= 15 is 0 Å². The summed E-state index contributed by atoms with van der Waals surface area (Å²) in [5.74, 6) is -0.0380. The number of thioether (sulfide) groups is 1. The molecule has 1 aliphatic heterocycles. The number of hydrogen-bond acceptors (Lipinski definition) is 5. The van der Waals surface area contributed by atoms with Gasteiger partial charge in [0.15, 0.2) is 0 Å².